The highest BCUT2D eigenvalue weighted by molar-refractivity contribution is 7.12. The van der Waals surface area contributed by atoms with Crippen LogP contribution in [0.15, 0.2) is 30.3 Å². The molecule has 1 aromatic carbocycles. The molecule has 0 aliphatic heterocycles. The lowest BCUT2D eigenvalue weighted by Gasteiger charge is -2.14. The van der Waals surface area contributed by atoms with Crippen molar-refractivity contribution in [3.8, 4) is 6.07 Å². The number of hydrogen-bond donors (Lipinski definition) is 1. The normalized spacial score (nSPS) is 11.9. The van der Waals surface area contributed by atoms with Gasteiger partial charge in [0.05, 0.1) is 17.7 Å². The number of rotatable bonds is 3. The lowest BCUT2D eigenvalue weighted by molar-refractivity contribution is 0.907. The molecule has 1 aromatic heterocycles. The van der Waals surface area contributed by atoms with E-state index >= 15 is 0 Å². The summed E-state index contributed by atoms with van der Waals surface area (Å²) in [5, 5.41) is 12.4. The zero-order valence-corrected chi connectivity index (χ0v) is 11.6. The van der Waals surface area contributed by atoms with Crippen LogP contribution >= 0.6 is 11.3 Å². The average molecular weight is 256 g/mol. The lowest BCUT2D eigenvalue weighted by Crippen LogP contribution is -2.05. The lowest BCUT2D eigenvalue weighted by atomic mass is 10.1. The molecule has 18 heavy (non-hydrogen) atoms. The molecule has 2 aromatic rings. The summed E-state index contributed by atoms with van der Waals surface area (Å²) in [5.74, 6) is 0. The quantitative estimate of drug-likeness (QED) is 0.883. The van der Waals surface area contributed by atoms with Gasteiger partial charge in [0.25, 0.3) is 0 Å². The molecule has 1 unspecified atom stereocenters. The predicted molar refractivity (Wildman–Crippen MR) is 77.0 cm³/mol. The first-order valence-electron chi connectivity index (χ1n) is 5.94. The van der Waals surface area contributed by atoms with Crippen LogP contribution in [0.25, 0.3) is 0 Å². The van der Waals surface area contributed by atoms with Crippen molar-refractivity contribution in [3.05, 3.63) is 51.2 Å². The smallest absolute Gasteiger partial charge is 0.0994 e. The summed E-state index contributed by atoms with van der Waals surface area (Å²) >= 11 is 1.81. The minimum atomic E-state index is 0.288. The van der Waals surface area contributed by atoms with E-state index in [-0.39, 0.29) is 6.04 Å². The molecule has 0 fully saturated rings. The Bertz CT molecular complexity index is 593. The van der Waals surface area contributed by atoms with E-state index in [0.29, 0.717) is 0 Å². The molecule has 0 aliphatic carbocycles. The maximum atomic E-state index is 8.90. The minimum Gasteiger partial charge on any atom is -0.378 e. The Labute approximate surface area is 112 Å². The van der Waals surface area contributed by atoms with E-state index in [1.807, 2.05) is 36.5 Å². The largest absolute Gasteiger partial charge is 0.378 e. The van der Waals surface area contributed by atoms with Crippen molar-refractivity contribution in [3.63, 3.8) is 0 Å². The van der Waals surface area contributed by atoms with Crippen molar-refractivity contribution in [1.29, 1.82) is 5.26 Å². The summed E-state index contributed by atoms with van der Waals surface area (Å²) in [4.78, 5) is 2.66. The Morgan fingerprint density at radius 2 is 2.00 bits per heavy atom. The van der Waals surface area contributed by atoms with Gasteiger partial charge in [0, 0.05) is 15.4 Å². The van der Waals surface area contributed by atoms with E-state index in [0.717, 1.165) is 16.8 Å². The van der Waals surface area contributed by atoms with Gasteiger partial charge >= 0.3 is 0 Å². The van der Waals surface area contributed by atoms with Gasteiger partial charge in [-0.2, -0.15) is 5.26 Å². The van der Waals surface area contributed by atoms with E-state index in [1.165, 1.54) is 9.75 Å². The molecule has 92 valence electrons. The second-order valence-corrected chi connectivity index (χ2v) is 5.78. The average Bonchev–Trinajstić information content (AvgIpc) is 2.76. The summed E-state index contributed by atoms with van der Waals surface area (Å²) in [6, 6.07) is 12.6. The van der Waals surface area contributed by atoms with Gasteiger partial charge in [-0.25, -0.2) is 0 Å². The minimum absolute atomic E-state index is 0.288. The Kier molecular flexibility index (Phi) is 3.69. The van der Waals surface area contributed by atoms with Gasteiger partial charge in [-0.1, -0.05) is 0 Å². The van der Waals surface area contributed by atoms with Crippen molar-refractivity contribution >= 4 is 17.0 Å². The number of nitriles is 1. The molecule has 3 heteroatoms. The summed E-state index contributed by atoms with van der Waals surface area (Å²) in [7, 11) is 0. The Balaban J connectivity index is 2.15. The van der Waals surface area contributed by atoms with Crippen LogP contribution in [-0.4, -0.2) is 0 Å². The SMILES string of the molecule is Cc1ccc(C(C)Nc2ccc(C#N)c(C)c2)s1. The van der Waals surface area contributed by atoms with Gasteiger partial charge in [-0.05, 0) is 56.7 Å². The summed E-state index contributed by atoms with van der Waals surface area (Å²) < 4.78 is 0. The van der Waals surface area contributed by atoms with Gasteiger partial charge in [-0.3, -0.25) is 0 Å². The highest BCUT2D eigenvalue weighted by atomic mass is 32.1. The maximum Gasteiger partial charge on any atom is 0.0994 e. The van der Waals surface area contributed by atoms with Crippen LogP contribution < -0.4 is 5.32 Å². The van der Waals surface area contributed by atoms with E-state index < -0.39 is 0 Å². The van der Waals surface area contributed by atoms with Crippen LogP contribution in [0.5, 0.6) is 0 Å². The highest BCUT2D eigenvalue weighted by Crippen LogP contribution is 2.26. The first-order chi connectivity index (χ1) is 8.60. The number of aryl methyl sites for hydroxylation is 2. The Hall–Kier alpha value is -1.79. The molecular weight excluding hydrogens is 240 g/mol. The molecule has 2 rings (SSSR count). The van der Waals surface area contributed by atoms with Crippen molar-refractivity contribution in [2.24, 2.45) is 0 Å². The van der Waals surface area contributed by atoms with Crippen molar-refractivity contribution in [1.82, 2.24) is 0 Å². The third-order valence-corrected chi connectivity index (χ3v) is 4.10. The Morgan fingerprint density at radius 1 is 1.22 bits per heavy atom. The Morgan fingerprint density at radius 3 is 2.56 bits per heavy atom. The number of anilines is 1. The first kappa shape index (κ1) is 12.7. The monoisotopic (exact) mass is 256 g/mol. The standard InChI is InChI=1S/C15H16N2S/c1-10-8-14(6-5-13(10)9-16)17-12(3)15-7-4-11(2)18-15/h4-8,12,17H,1-3H3. The molecule has 1 heterocycles. The summed E-state index contributed by atoms with van der Waals surface area (Å²) in [6.45, 7) is 6.23. The fourth-order valence-electron chi connectivity index (χ4n) is 1.89. The van der Waals surface area contributed by atoms with Crippen molar-refractivity contribution in [2.75, 3.05) is 5.32 Å². The van der Waals surface area contributed by atoms with Crippen LogP contribution in [0.4, 0.5) is 5.69 Å². The maximum absolute atomic E-state index is 8.90. The van der Waals surface area contributed by atoms with Gasteiger partial charge in [0.15, 0.2) is 0 Å². The molecule has 0 amide bonds. The fourth-order valence-corrected chi connectivity index (χ4v) is 2.77. The zero-order valence-electron chi connectivity index (χ0n) is 10.8. The molecule has 1 atom stereocenters. The van der Waals surface area contributed by atoms with Crippen molar-refractivity contribution < 1.29 is 0 Å². The number of nitrogens with one attached hydrogen (secondary N) is 1. The van der Waals surface area contributed by atoms with Crippen LogP contribution in [0.2, 0.25) is 0 Å². The van der Waals surface area contributed by atoms with Gasteiger partial charge < -0.3 is 5.32 Å². The third-order valence-electron chi connectivity index (χ3n) is 2.92. The summed E-state index contributed by atoms with van der Waals surface area (Å²) in [6.07, 6.45) is 0. The molecule has 0 aliphatic rings. The number of benzene rings is 1. The number of nitrogens with zero attached hydrogens (tertiary/aromatic N) is 1. The number of thiophene rings is 1. The second kappa shape index (κ2) is 5.24. The molecule has 0 bridgehead atoms. The van der Waals surface area contributed by atoms with Crippen LogP contribution in [0.1, 0.15) is 33.8 Å². The zero-order chi connectivity index (χ0) is 13.1. The molecule has 2 nitrogen and oxygen atoms in total. The van der Waals surface area contributed by atoms with Gasteiger partial charge in [0.2, 0.25) is 0 Å². The predicted octanol–water partition coefficient (Wildman–Crippen LogP) is 4.41. The van der Waals surface area contributed by atoms with Crippen LogP contribution in [-0.2, 0) is 0 Å². The fraction of sp³-hybridized carbons (Fsp3) is 0.267. The van der Waals surface area contributed by atoms with E-state index in [1.54, 1.807) is 0 Å². The van der Waals surface area contributed by atoms with Crippen LogP contribution in [0, 0.1) is 25.2 Å². The topological polar surface area (TPSA) is 35.8 Å². The summed E-state index contributed by atoms with van der Waals surface area (Å²) in [5.41, 5.74) is 2.81. The molecule has 1 N–H and O–H groups in total. The van der Waals surface area contributed by atoms with Gasteiger partial charge in [0.1, 0.15) is 0 Å². The molecular formula is C15H16N2S. The number of hydrogen-bond acceptors (Lipinski definition) is 3. The molecule has 0 radical (unpaired) electrons. The van der Waals surface area contributed by atoms with E-state index in [4.69, 9.17) is 5.26 Å². The van der Waals surface area contributed by atoms with Gasteiger partial charge in [-0.15, -0.1) is 11.3 Å². The van der Waals surface area contributed by atoms with E-state index in [2.05, 4.69) is 37.4 Å². The molecule has 0 spiro atoms. The second-order valence-electron chi connectivity index (χ2n) is 4.46. The molecule has 0 saturated heterocycles. The highest BCUT2D eigenvalue weighted by Gasteiger charge is 2.08. The third kappa shape index (κ3) is 2.72. The molecule has 0 saturated carbocycles. The first-order valence-corrected chi connectivity index (χ1v) is 6.75. The van der Waals surface area contributed by atoms with Crippen LogP contribution in [0.3, 0.4) is 0 Å². The van der Waals surface area contributed by atoms with E-state index in [9.17, 15) is 0 Å². The van der Waals surface area contributed by atoms with Crippen molar-refractivity contribution in [2.45, 2.75) is 26.8 Å².